The molecule has 8 heteroatoms. The Bertz CT molecular complexity index is 585. The second-order valence-electron chi connectivity index (χ2n) is 4.09. The van der Waals surface area contributed by atoms with Crippen molar-refractivity contribution in [2.75, 3.05) is 13.7 Å². The van der Waals surface area contributed by atoms with E-state index >= 15 is 0 Å². The molecule has 0 aliphatic rings. The van der Waals surface area contributed by atoms with E-state index in [4.69, 9.17) is 0 Å². The molecule has 1 rings (SSSR count). The molecule has 0 saturated carbocycles. The van der Waals surface area contributed by atoms with Crippen LogP contribution in [0.25, 0.3) is 0 Å². The zero-order chi connectivity index (χ0) is 15.8. The highest BCUT2D eigenvalue weighted by Crippen LogP contribution is 2.18. The van der Waals surface area contributed by atoms with Crippen LogP contribution in [0.5, 0.6) is 0 Å². The van der Waals surface area contributed by atoms with Crippen LogP contribution in [0.3, 0.4) is 0 Å². The Labute approximate surface area is 126 Å². The number of H-pyrrole nitrogens is 1. The van der Waals surface area contributed by atoms with Crippen molar-refractivity contribution in [1.29, 1.82) is 0 Å². The smallest absolute Gasteiger partial charge is 0.311 e. The average molecular weight is 311 g/mol. The van der Waals surface area contributed by atoms with Crippen LogP contribution >= 0.6 is 11.8 Å². The van der Waals surface area contributed by atoms with Crippen LogP contribution in [-0.4, -0.2) is 40.7 Å². The minimum Gasteiger partial charge on any atom is -0.469 e. The van der Waals surface area contributed by atoms with Crippen LogP contribution in [0.4, 0.5) is 0 Å². The van der Waals surface area contributed by atoms with Gasteiger partial charge in [-0.25, -0.2) is 4.98 Å². The van der Waals surface area contributed by atoms with Gasteiger partial charge in [0.2, 0.25) is 5.91 Å². The summed E-state index contributed by atoms with van der Waals surface area (Å²) in [5, 5.41) is 2.49. The highest BCUT2D eigenvalue weighted by Gasteiger charge is 2.16. The van der Waals surface area contributed by atoms with Crippen LogP contribution in [0.2, 0.25) is 0 Å². The van der Waals surface area contributed by atoms with Crippen molar-refractivity contribution in [2.45, 2.75) is 23.8 Å². The lowest BCUT2D eigenvalue weighted by atomic mass is 10.3. The van der Waals surface area contributed by atoms with Crippen LogP contribution < -0.4 is 10.9 Å². The number of thioether (sulfide) groups is 1. The molecule has 0 aliphatic heterocycles. The van der Waals surface area contributed by atoms with E-state index in [0.717, 1.165) is 11.8 Å². The van der Waals surface area contributed by atoms with Gasteiger partial charge >= 0.3 is 5.97 Å². The van der Waals surface area contributed by atoms with Crippen molar-refractivity contribution in [3.8, 4) is 0 Å². The summed E-state index contributed by atoms with van der Waals surface area (Å²) in [6.07, 6.45) is 1.48. The van der Waals surface area contributed by atoms with Gasteiger partial charge in [0.25, 0.3) is 5.56 Å². The predicted molar refractivity (Wildman–Crippen MR) is 79.1 cm³/mol. The summed E-state index contributed by atoms with van der Waals surface area (Å²) >= 11 is 1.10. The van der Waals surface area contributed by atoms with Gasteiger partial charge in [-0.1, -0.05) is 17.8 Å². The van der Waals surface area contributed by atoms with Gasteiger partial charge in [-0.2, -0.15) is 0 Å². The second kappa shape index (κ2) is 8.25. The summed E-state index contributed by atoms with van der Waals surface area (Å²) in [5.74, 6) is -0.679. The molecule has 7 nitrogen and oxygen atoms in total. The van der Waals surface area contributed by atoms with Crippen molar-refractivity contribution in [3.05, 3.63) is 34.8 Å². The second-order valence-corrected chi connectivity index (χ2v) is 5.42. The number of nitrogens with zero attached hydrogens (tertiary/aromatic N) is 1. The number of aromatic nitrogens is 2. The molecule has 1 amide bonds. The zero-order valence-corrected chi connectivity index (χ0v) is 12.7. The Hall–Kier alpha value is -2.09. The molecule has 0 bridgehead atoms. The van der Waals surface area contributed by atoms with Crippen molar-refractivity contribution < 1.29 is 14.3 Å². The highest BCUT2D eigenvalue weighted by molar-refractivity contribution is 8.00. The molecule has 1 aromatic rings. The third-order valence-corrected chi connectivity index (χ3v) is 3.39. The van der Waals surface area contributed by atoms with Crippen molar-refractivity contribution in [3.63, 3.8) is 0 Å². The monoisotopic (exact) mass is 311 g/mol. The van der Waals surface area contributed by atoms with Gasteiger partial charge in [0.15, 0.2) is 5.16 Å². The fourth-order valence-electron chi connectivity index (χ4n) is 1.39. The van der Waals surface area contributed by atoms with Crippen LogP contribution in [-0.2, 0) is 20.7 Å². The normalized spacial score (nSPS) is 11.5. The minimum absolute atomic E-state index is 0.0922. The Balaban J connectivity index is 2.78. The van der Waals surface area contributed by atoms with E-state index in [9.17, 15) is 14.4 Å². The van der Waals surface area contributed by atoms with Gasteiger partial charge in [-0.3, -0.25) is 14.4 Å². The number of esters is 1. The highest BCUT2D eigenvalue weighted by atomic mass is 32.2. The lowest BCUT2D eigenvalue weighted by Gasteiger charge is -2.10. The Morgan fingerprint density at radius 3 is 2.95 bits per heavy atom. The number of hydrogen-bond acceptors (Lipinski definition) is 6. The Morgan fingerprint density at radius 1 is 1.62 bits per heavy atom. The molecular formula is C13H17N3O4S. The number of amides is 1. The number of carbonyl (C=O) groups excluding carboxylic acids is 2. The number of carbonyl (C=O) groups is 2. The van der Waals surface area contributed by atoms with E-state index < -0.39 is 11.2 Å². The fourth-order valence-corrected chi connectivity index (χ4v) is 2.24. The largest absolute Gasteiger partial charge is 0.469 e. The van der Waals surface area contributed by atoms with Crippen molar-refractivity contribution >= 4 is 23.6 Å². The first kappa shape index (κ1) is 17.0. The maximum Gasteiger partial charge on any atom is 0.311 e. The summed E-state index contributed by atoms with van der Waals surface area (Å²) in [4.78, 5) is 41.1. The van der Waals surface area contributed by atoms with Gasteiger partial charge in [-0.15, -0.1) is 6.58 Å². The molecule has 0 radical (unpaired) electrons. The first-order valence-corrected chi connectivity index (χ1v) is 7.06. The Kier molecular flexibility index (Phi) is 6.67. The van der Waals surface area contributed by atoms with E-state index in [1.54, 1.807) is 13.0 Å². The molecule has 1 heterocycles. The van der Waals surface area contributed by atoms with Gasteiger partial charge in [0, 0.05) is 12.6 Å². The molecule has 0 spiro atoms. The topological polar surface area (TPSA) is 101 Å². The standard InChI is InChI=1S/C13H17N3O4S/c1-4-5-14-12(19)8(2)21-13-15-9(6-10(17)16-13)7-11(18)20-3/h4,6,8H,1,5,7H2,2-3H3,(H,14,19)(H,15,16,17)/t8-/m0/s1. The average Bonchev–Trinajstić information content (AvgIpc) is 2.43. The lowest BCUT2D eigenvalue weighted by Crippen LogP contribution is -2.31. The molecule has 21 heavy (non-hydrogen) atoms. The lowest BCUT2D eigenvalue weighted by molar-refractivity contribution is -0.139. The molecule has 0 fully saturated rings. The van der Waals surface area contributed by atoms with Crippen molar-refractivity contribution in [1.82, 2.24) is 15.3 Å². The van der Waals surface area contributed by atoms with Crippen molar-refractivity contribution in [2.24, 2.45) is 0 Å². The van der Waals surface area contributed by atoms with E-state index in [2.05, 4.69) is 26.6 Å². The van der Waals surface area contributed by atoms with Crippen LogP contribution in [0, 0.1) is 0 Å². The van der Waals surface area contributed by atoms with Gasteiger partial charge in [0.1, 0.15) is 0 Å². The summed E-state index contributed by atoms with van der Waals surface area (Å²) in [5.41, 5.74) is -0.0862. The number of rotatable bonds is 7. The summed E-state index contributed by atoms with van der Waals surface area (Å²) in [7, 11) is 1.26. The molecule has 1 aromatic heterocycles. The van der Waals surface area contributed by atoms with Gasteiger partial charge < -0.3 is 15.0 Å². The zero-order valence-electron chi connectivity index (χ0n) is 11.8. The molecule has 114 valence electrons. The third kappa shape index (κ3) is 5.82. The first-order chi connectivity index (χ1) is 9.96. The molecule has 2 N–H and O–H groups in total. The third-order valence-electron chi connectivity index (χ3n) is 2.40. The molecule has 0 aromatic carbocycles. The number of ether oxygens (including phenoxy) is 1. The maximum absolute atomic E-state index is 11.7. The molecule has 0 saturated heterocycles. The fraction of sp³-hybridized carbons (Fsp3) is 0.385. The summed E-state index contributed by atoms with van der Waals surface area (Å²) in [6, 6.07) is 1.23. The van der Waals surface area contributed by atoms with Gasteiger partial charge in [0.05, 0.1) is 24.5 Å². The predicted octanol–water partition coefficient (Wildman–Crippen LogP) is 0.268. The number of methoxy groups -OCH3 is 1. The summed E-state index contributed by atoms with van der Waals surface area (Å²) in [6.45, 7) is 5.57. The van der Waals surface area contributed by atoms with E-state index in [1.165, 1.54) is 13.2 Å². The number of nitrogens with one attached hydrogen (secondary N) is 2. The SMILES string of the molecule is C=CCNC(=O)[C@H](C)Sc1nc(CC(=O)OC)cc(=O)[nH]1. The first-order valence-electron chi connectivity index (χ1n) is 6.18. The van der Waals surface area contributed by atoms with E-state index in [1.807, 2.05) is 0 Å². The van der Waals surface area contributed by atoms with E-state index in [-0.39, 0.29) is 23.0 Å². The summed E-state index contributed by atoms with van der Waals surface area (Å²) < 4.78 is 4.53. The maximum atomic E-state index is 11.7. The molecule has 0 aliphatic carbocycles. The number of hydrogen-bond donors (Lipinski definition) is 2. The quantitative estimate of drug-likeness (QED) is 0.324. The molecular weight excluding hydrogens is 294 g/mol. The Morgan fingerprint density at radius 2 is 2.33 bits per heavy atom. The van der Waals surface area contributed by atoms with Crippen LogP contribution in [0.1, 0.15) is 12.6 Å². The molecule has 1 atom stereocenters. The number of aromatic amines is 1. The van der Waals surface area contributed by atoms with Crippen LogP contribution in [0.15, 0.2) is 28.7 Å². The van der Waals surface area contributed by atoms with E-state index in [0.29, 0.717) is 12.2 Å². The minimum atomic E-state index is -0.485. The molecule has 0 unspecified atom stereocenters. The van der Waals surface area contributed by atoms with Gasteiger partial charge in [-0.05, 0) is 6.92 Å².